The Kier molecular flexibility index (Phi) is 6.68. The minimum Gasteiger partial charge on any atom is -0.497 e. The Morgan fingerprint density at radius 1 is 1.13 bits per heavy atom. The number of carbonyl (C=O) groups excluding carboxylic acids is 1. The van der Waals surface area contributed by atoms with Gasteiger partial charge in [-0.05, 0) is 45.8 Å². The number of benzene rings is 2. The maximum absolute atomic E-state index is 13.6. The molecule has 0 unspecified atom stereocenters. The van der Waals surface area contributed by atoms with Gasteiger partial charge in [0, 0.05) is 0 Å². The van der Waals surface area contributed by atoms with Gasteiger partial charge in [-0.1, -0.05) is 30.3 Å². The minimum atomic E-state index is -4.23. The molecule has 0 spiro atoms. The van der Waals surface area contributed by atoms with Crippen LogP contribution in [0.15, 0.2) is 63.3 Å². The molecule has 3 aromatic rings. The van der Waals surface area contributed by atoms with Crippen LogP contribution in [0.2, 0.25) is 0 Å². The highest BCUT2D eigenvalue weighted by molar-refractivity contribution is 9.11. The second-order valence-corrected chi connectivity index (χ2v) is 10.5. The van der Waals surface area contributed by atoms with Gasteiger partial charge in [0.1, 0.15) is 16.2 Å². The second-order valence-electron chi connectivity index (χ2n) is 6.27. The van der Waals surface area contributed by atoms with Gasteiger partial charge in [-0.15, -0.1) is 11.3 Å². The fourth-order valence-electron chi connectivity index (χ4n) is 2.90. The van der Waals surface area contributed by atoms with E-state index in [0.29, 0.717) is 11.3 Å². The van der Waals surface area contributed by atoms with Crippen molar-refractivity contribution in [2.75, 3.05) is 11.4 Å². The number of primary amides is 1. The highest BCUT2D eigenvalue weighted by Gasteiger charge is 2.35. The molecular formula is C20H17BrN2O6S2. The minimum absolute atomic E-state index is 0.0701. The summed E-state index contributed by atoms with van der Waals surface area (Å²) in [7, 11) is -2.77. The number of ether oxygens (including phenoxy) is 1. The van der Waals surface area contributed by atoms with Gasteiger partial charge >= 0.3 is 5.97 Å². The lowest BCUT2D eigenvalue weighted by Crippen LogP contribution is -2.32. The Morgan fingerprint density at radius 2 is 1.74 bits per heavy atom. The lowest BCUT2D eigenvalue weighted by molar-refractivity contribution is 0.0694. The quantitative estimate of drug-likeness (QED) is 0.462. The number of anilines is 1. The van der Waals surface area contributed by atoms with Crippen LogP contribution in [0.25, 0.3) is 0 Å². The summed E-state index contributed by atoms with van der Waals surface area (Å²) >= 11 is 4.00. The molecular weight excluding hydrogens is 508 g/mol. The standard InChI is InChI=1S/C20H17BrN2O6S2/c1-29-13-7-9-14(10-8-13)31(27,28)23(11-12-5-3-2-4-6-12)16-15(20(25)26)17(19(22)24)30-18(16)21/h2-10H,11H2,1H3,(H2,22,24)(H,25,26). The van der Waals surface area contributed by atoms with Crippen LogP contribution in [0.1, 0.15) is 25.6 Å². The average Bonchev–Trinajstić information content (AvgIpc) is 3.10. The Hall–Kier alpha value is -2.89. The van der Waals surface area contributed by atoms with Crippen molar-refractivity contribution in [2.24, 2.45) is 5.73 Å². The molecule has 0 saturated heterocycles. The summed E-state index contributed by atoms with van der Waals surface area (Å²) in [5, 5.41) is 9.77. The Balaban J connectivity index is 2.25. The molecule has 0 fully saturated rings. The Bertz CT molecular complexity index is 1220. The lowest BCUT2D eigenvalue weighted by Gasteiger charge is -2.25. The molecule has 3 N–H and O–H groups in total. The molecule has 1 heterocycles. The first-order valence-electron chi connectivity index (χ1n) is 8.73. The van der Waals surface area contributed by atoms with Crippen LogP contribution in [0.4, 0.5) is 5.69 Å². The number of nitrogens with two attached hydrogens (primary N) is 1. The van der Waals surface area contributed by atoms with Crippen LogP contribution < -0.4 is 14.8 Å². The third-order valence-corrected chi connectivity index (χ3v) is 7.95. The molecule has 0 atom stereocenters. The number of carboxylic acid groups (broad SMARTS) is 1. The van der Waals surface area contributed by atoms with Gasteiger partial charge in [0.2, 0.25) is 0 Å². The lowest BCUT2D eigenvalue weighted by atomic mass is 10.2. The van der Waals surface area contributed by atoms with Gasteiger partial charge in [0.05, 0.1) is 28.0 Å². The van der Waals surface area contributed by atoms with Gasteiger partial charge in [0.25, 0.3) is 15.9 Å². The van der Waals surface area contributed by atoms with Crippen molar-refractivity contribution in [1.82, 2.24) is 0 Å². The maximum Gasteiger partial charge on any atom is 0.339 e. The van der Waals surface area contributed by atoms with Gasteiger partial charge in [0.15, 0.2) is 0 Å². The molecule has 31 heavy (non-hydrogen) atoms. The molecule has 8 nitrogen and oxygen atoms in total. The van der Waals surface area contributed by atoms with E-state index in [9.17, 15) is 23.1 Å². The molecule has 0 aliphatic heterocycles. The van der Waals surface area contributed by atoms with Crippen molar-refractivity contribution in [3.8, 4) is 5.75 Å². The zero-order valence-electron chi connectivity index (χ0n) is 16.1. The summed E-state index contributed by atoms with van der Waals surface area (Å²) in [6, 6.07) is 14.4. The summed E-state index contributed by atoms with van der Waals surface area (Å²) in [5.74, 6) is -1.96. The summed E-state index contributed by atoms with van der Waals surface area (Å²) in [5.41, 5.74) is 5.33. The first kappa shape index (κ1) is 22.8. The van der Waals surface area contributed by atoms with Crippen molar-refractivity contribution >= 4 is 54.9 Å². The van der Waals surface area contributed by atoms with E-state index in [2.05, 4.69) is 15.9 Å². The molecule has 0 bridgehead atoms. The first-order chi connectivity index (χ1) is 14.7. The molecule has 0 radical (unpaired) electrons. The van der Waals surface area contributed by atoms with Crippen molar-refractivity contribution in [3.05, 3.63) is 74.4 Å². The number of halogens is 1. The number of thiophene rings is 1. The van der Waals surface area contributed by atoms with E-state index >= 15 is 0 Å². The molecule has 0 aliphatic carbocycles. The number of methoxy groups -OCH3 is 1. The summed E-state index contributed by atoms with van der Waals surface area (Å²) in [6.45, 7) is -0.164. The van der Waals surface area contributed by atoms with Gasteiger partial charge in [-0.25, -0.2) is 13.2 Å². The molecule has 0 aliphatic rings. The summed E-state index contributed by atoms with van der Waals surface area (Å²) in [6.07, 6.45) is 0. The maximum atomic E-state index is 13.6. The number of rotatable bonds is 8. The van der Waals surface area contributed by atoms with Crippen molar-refractivity contribution in [3.63, 3.8) is 0 Å². The largest absolute Gasteiger partial charge is 0.497 e. The number of hydrogen-bond donors (Lipinski definition) is 2. The van der Waals surface area contributed by atoms with Crippen LogP contribution >= 0.6 is 27.3 Å². The third kappa shape index (κ3) is 4.58. The Labute approximate surface area is 191 Å². The molecule has 0 saturated carbocycles. The first-order valence-corrected chi connectivity index (χ1v) is 11.8. The number of hydrogen-bond acceptors (Lipinski definition) is 6. The van der Waals surface area contributed by atoms with Crippen LogP contribution in [0, 0.1) is 0 Å². The van der Waals surface area contributed by atoms with E-state index in [0.717, 1.165) is 15.6 Å². The monoisotopic (exact) mass is 524 g/mol. The third-order valence-electron chi connectivity index (χ3n) is 4.35. The SMILES string of the molecule is COc1ccc(S(=O)(=O)N(Cc2ccccc2)c2c(Br)sc(C(N)=O)c2C(=O)O)cc1. The predicted octanol–water partition coefficient (Wildman–Crippen LogP) is 3.71. The van der Waals surface area contributed by atoms with Gasteiger partial charge in [-0.3, -0.25) is 9.10 Å². The smallest absolute Gasteiger partial charge is 0.339 e. The number of sulfonamides is 1. The van der Waals surface area contributed by atoms with Crippen molar-refractivity contribution in [1.29, 1.82) is 0 Å². The van der Waals surface area contributed by atoms with Crippen LogP contribution in [-0.2, 0) is 16.6 Å². The van der Waals surface area contributed by atoms with Crippen molar-refractivity contribution in [2.45, 2.75) is 11.4 Å². The molecule has 1 amide bonds. The highest BCUT2D eigenvalue weighted by atomic mass is 79.9. The predicted molar refractivity (Wildman–Crippen MR) is 120 cm³/mol. The molecule has 162 valence electrons. The topological polar surface area (TPSA) is 127 Å². The van der Waals surface area contributed by atoms with E-state index in [1.807, 2.05) is 0 Å². The number of nitrogens with zero attached hydrogens (tertiary/aromatic N) is 1. The zero-order valence-corrected chi connectivity index (χ0v) is 19.3. The zero-order chi connectivity index (χ0) is 22.8. The second kappa shape index (κ2) is 9.08. The fourth-order valence-corrected chi connectivity index (χ4v) is 6.32. The number of carbonyl (C=O) groups is 2. The molecule has 11 heteroatoms. The van der Waals surface area contributed by atoms with E-state index in [-0.39, 0.29) is 25.8 Å². The normalized spacial score (nSPS) is 11.2. The summed E-state index contributed by atoms with van der Waals surface area (Å²) < 4.78 is 33.4. The van der Waals surface area contributed by atoms with Gasteiger partial charge in [-0.2, -0.15) is 0 Å². The number of amides is 1. The fraction of sp³-hybridized carbons (Fsp3) is 0.100. The molecule has 2 aromatic carbocycles. The molecule has 1 aromatic heterocycles. The van der Waals surface area contributed by atoms with Crippen LogP contribution in [0.5, 0.6) is 5.75 Å². The van der Waals surface area contributed by atoms with E-state index in [1.165, 1.54) is 31.4 Å². The van der Waals surface area contributed by atoms with Crippen molar-refractivity contribution < 1.29 is 27.9 Å². The Morgan fingerprint density at radius 3 is 2.26 bits per heavy atom. The van der Waals surface area contributed by atoms with E-state index < -0.39 is 27.5 Å². The van der Waals surface area contributed by atoms with E-state index in [4.69, 9.17) is 10.5 Å². The average molecular weight is 525 g/mol. The number of carboxylic acids is 1. The summed E-state index contributed by atoms with van der Waals surface area (Å²) in [4.78, 5) is 23.5. The highest BCUT2D eigenvalue weighted by Crippen LogP contribution is 2.43. The number of aromatic carboxylic acids is 1. The molecule has 3 rings (SSSR count). The van der Waals surface area contributed by atoms with Gasteiger partial charge < -0.3 is 15.6 Å². The van der Waals surface area contributed by atoms with E-state index in [1.54, 1.807) is 30.3 Å². The van der Waals surface area contributed by atoms with Crippen LogP contribution in [-0.4, -0.2) is 32.5 Å². The van der Waals surface area contributed by atoms with Crippen LogP contribution in [0.3, 0.4) is 0 Å².